The molecule has 2 aromatic rings. The Morgan fingerprint density at radius 3 is 2.63 bits per heavy atom. The van der Waals surface area contributed by atoms with Gasteiger partial charge in [-0.2, -0.15) is 13.2 Å². The average Bonchev–Trinajstić information content (AvgIpc) is 2.72. The fraction of sp³-hybridized carbons (Fsp3) is 0.250. The van der Waals surface area contributed by atoms with E-state index in [1.165, 1.54) is 6.07 Å². The van der Waals surface area contributed by atoms with Crippen molar-refractivity contribution >= 4 is 11.4 Å². The van der Waals surface area contributed by atoms with Crippen molar-refractivity contribution in [1.82, 2.24) is 4.98 Å². The Bertz CT molecular complexity index is 578. The van der Waals surface area contributed by atoms with Crippen LogP contribution in [-0.4, -0.2) is 4.98 Å². The van der Waals surface area contributed by atoms with Crippen molar-refractivity contribution in [3.05, 3.63) is 41.6 Å². The van der Waals surface area contributed by atoms with Gasteiger partial charge in [0.2, 0.25) is 5.89 Å². The number of nitrogens with zero attached hydrogens (tertiary/aromatic N) is 1. The number of nitrogens with one attached hydrogen (secondary N) is 1. The second-order valence-corrected chi connectivity index (χ2v) is 4.02. The topological polar surface area (TPSA) is 64.1 Å². The summed E-state index contributed by atoms with van der Waals surface area (Å²) >= 11 is 0. The maximum Gasteiger partial charge on any atom is 0.416 e. The van der Waals surface area contributed by atoms with E-state index in [4.69, 9.17) is 10.2 Å². The molecule has 4 nitrogen and oxygen atoms in total. The zero-order chi connectivity index (χ0) is 14.0. The smallest absolute Gasteiger partial charge is 0.416 e. The highest BCUT2D eigenvalue weighted by Crippen LogP contribution is 2.32. The van der Waals surface area contributed by atoms with Gasteiger partial charge in [0.1, 0.15) is 5.76 Å². The van der Waals surface area contributed by atoms with Crippen LogP contribution in [0.2, 0.25) is 0 Å². The molecule has 7 heteroatoms. The first-order valence-corrected chi connectivity index (χ1v) is 5.48. The second kappa shape index (κ2) is 4.83. The highest BCUT2D eigenvalue weighted by atomic mass is 19.4. The van der Waals surface area contributed by atoms with Gasteiger partial charge in [-0.15, -0.1) is 0 Å². The molecule has 1 heterocycles. The number of alkyl halides is 3. The minimum Gasteiger partial charge on any atom is -0.444 e. The molecule has 0 saturated carbocycles. The van der Waals surface area contributed by atoms with E-state index in [1.807, 2.05) is 0 Å². The molecule has 0 atom stereocenters. The Kier molecular flexibility index (Phi) is 3.37. The summed E-state index contributed by atoms with van der Waals surface area (Å²) in [6.45, 7) is 2.01. The van der Waals surface area contributed by atoms with E-state index in [9.17, 15) is 13.2 Å². The van der Waals surface area contributed by atoms with Crippen LogP contribution in [0.25, 0.3) is 0 Å². The van der Waals surface area contributed by atoms with E-state index in [-0.39, 0.29) is 12.2 Å². The maximum absolute atomic E-state index is 12.5. The zero-order valence-electron chi connectivity index (χ0n) is 10.1. The lowest BCUT2D eigenvalue weighted by molar-refractivity contribution is -0.137. The number of hydrogen-bond acceptors (Lipinski definition) is 4. The van der Waals surface area contributed by atoms with Crippen LogP contribution in [0.3, 0.4) is 0 Å². The third kappa shape index (κ3) is 3.18. The van der Waals surface area contributed by atoms with Crippen LogP contribution in [-0.2, 0) is 12.7 Å². The molecule has 3 N–H and O–H groups in total. The molecule has 0 aliphatic rings. The fourth-order valence-corrected chi connectivity index (χ4v) is 1.55. The lowest BCUT2D eigenvalue weighted by atomic mass is 10.1. The Balaban J connectivity index is 2.09. The van der Waals surface area contributed by atoms with Crippen molar-refractivity contribution in [3.63, 3.8) is 0 Å². The van der Waals surface area contributed by atoms with Gasteiger partial charge in [0, 0.05) is 0 Å². The summed E-state index contributed by atoms with van der Waals surface area (Å²) in [7, 11) is 0. The number of benzene rings is 1. The van der Waals surface area contributed by atoms with Gasteiger partial charge in [0.05, 0.1) is 29.7 Å². The molecule has 0 aliphatic carbocycles. The van der Waals surface area contributed by atoms with Gasteiger partial charge in [-0.1, -0.05) is 0 Å². The molecule has 0 amide bonds. The summed E-state index contributed by atoms with van der Waals surface area (Å²) in [6.07, 6.45) is -2.83. The maximum atomic E-state index is 12.5. The van der Waals surface area contributed by atoms with Crippen LogP contribution in [0.4, 0.5) is 24.5 Å². The van der Waals surface area contributed by atoms with Gasteiger partial charge in [0.15, 0.2) is 0 Å². The van der Waals surface area contributed by atoms with Crippen LogP contribution >= 0.6 is 0 Å². The minimum absolute atomic E-state index is 0.0260. The van der Waals surface area contributed by atoms with Crippen LogP contribution in [0.5, 0.6) is 0 Å². The van der Waals surface area contributed by atoms with Crippen LogP contribution in [0.15, 0.2) is 28.8 Å². The Labute approximate surface area is 107 Å². The molecule has 0 saturated heterocycles. The van der Waals surface area contributed by atoms with Crippen molar-refractivity contribution in [2.75, 3.05) is 11.1 Å². The standard InChI is InChI=1S/C12H12F3N3O/c1-7-5-18-11(19-7)6-17-10-3-2-8(4-9(10)16)12(13,14)15/h2-5,17H,6,16H2,1H3. The van der Waals surface area contributed by atoms with Gasteiger partial charge in [-0.3, -0.25) is 0 Å². The molecule has 0 unspecified atom stereocenters. The molecular formula is C12H12F3N3O. The average molecular weight is 271 g/mol. The highest BCUT2D eigenvalue weighted by molar-refractivity contribution is 5.67. The molecule has 2 rings (SSSR count). The first-order chi connectivity index (χ1) is 8.86. The number of hydrogen-bond donors (Lipinski definition) is 2. The molecule has 0 bridgehead atoms. The SMILES string of the molecule is Cc1cnc(CNc2ccc(C(F)(F)F)cc2N)o1. The normalized spacial score (nSPS) is 11.6. The van der Waals surface area contributed by atoms with Gasteiger partial charge >= 0.3 is 6.18 Å². The van der Waals surface area contributed by atoms with Crippen molar-refractivity contribution in [2.45, 2.75) is 19.6 Å². The molecule has 1 aromatic heterocycles. The van der Waals surface area contributed by atoms with E-state index < -0.39 is 11.7 Å². The van der Waals surface area contributed by atoms with Gasteiger partial charge in [-0.05, 0) is 25.1 Å². The molecule has 102 valence electrons. The molecular weight excluding hydrogens is 259 g/mol. The molecule has 0 radical (unpaired) electrons. The predicted molar refractivity (Wildman–Crippen MR) is 64.4 cm³/mol. The number of anilines is 2. The largest absolute Gasteiger partial charge is 0.444 e. The monoisotopic (exact) mass is 271 g/mol. The summed E-state index contributed by atoms with van der Waals surface area (Å²) < 4.78 is 42.6. The second-order valence-electron chi connectivity index (χ2n) is 4.02. The number of rotatable bonds is 3. The molecule has 1 aromatic carbocycles. The number of halogens is 3. The van der Waals surface area contributed by atoms with Crippen LogP contribution in [0.1, 0.15) is 17.2 Å². The number of nitrogen functional groups attached to an aromatic ring is 1. The fourth-order valence-electron chi connectivity index (χ4n) is 1.55. The summed E-state index contributed by atoms with van der Waals surface area (Å²) in [5, 5.41) is 2.87. The van der Waals surface area contributed by atoms with Gasteiger partial charge < -0.3 is 15.5 Å². The van der Waals surface area contributed by atoms with Gasteiger partial charge in [0.25, 0.3) is 0 Å². The lowest BCUT2D eigenvalue weighted by Crippen LogP contribution is -2.08. The first-order valence-electron chi connectivity index (χ1n) is 5.48. The van der Waals surface area contributed by atoms with Crippen LogP contribution < -0.4 is 11.1 Å². The lowest BCUT2D eigenvalue weighted by Gasteiger charge is -2.11. The summed E-state index contributed by atoms with van der Waals surface area (Å²) in [5.41, 5.74) is 5.23. The summed E-state index contributed by atoms with van der Waals surface area (Å²) in [4.78, 5) is 3.97. The zero-order valence-corrected chi connectivity index (χ0v) is 10.1. The minimum atomic E-state index is -4.40. The van der Waals surface area contributed by atoms with E-state index in [0.717, 1.165) is 12.1 Å². The Morgan fingerprint density at radius 1 is 1.37 bits per heavy atom. The first kappa shape index (κ1) is 13.3. The van der Waals surface area contributed by atoms with Crippen LogP contribution in [0, 0.1) is 6.92 Å². The van der Waals surface area contributed by atoms with Crippen molar-refractivity contribution in [2.24, 2.45) is 0 Å². The van der Waals surface area contributed by atoms with E-state index in [0.29, 0.717) is 17.3 Å². The molecule has 0 fully saturated rings. The highest BCUT2D eigenvalue weighted by Gasteiger charge is 2.30. The third-order valence-corrected chi connectivity index (χ3v) is 2.48. The van der Waals surface area contributed by atoms with Gasteiger partial charge in [-0.25, -0.2) is 4.98 Å². The van der Waals surface area contributed by atoms with Crippen molar-refractivity contribution < 1.29 is 17.6 Å². The third-order valence-electron chi connectivity index (χ3n) is 2.48. The Morgan fingerprint density at radius 2 is 2.11 bits per heavy atom. The molecule has 19 heavy (non-hydrogen) atoms. The number of nitrogens with two attached hydrogens (primary N) is 1. The van der Waals surface area contributed by atoms with E-state index in [1.54, 1.807) is 13.1 Å². The Hall–Kier alpha value is -2.18. The molecule has 0 aliphatic heterocycles. The van der Waals surface area contributed by atoms with Crippen molar-refractivity contribution in [1.29, 1.82) is 0 Å². The number of aryl methyl sites for hydroxylation is 1. The number of aromatic nitrogens is 1. The number of oxazole rings is 1. The summed E-state index contributed by atoms with van der Waals surface area (Å²) in [5.74, 6) is 1.11. The summed E-state index contributed by atoms with van der Waals surface area (Å²) in [6, 6.07) is 3.15. The van der Waals surface area contributed by atoms with E-state index >= 15 is 0 Å². The quantitative estimate of drug-likeness (QED) is 0.841. The van der Waals surface area contributed by atoms with Crippen molar-refractivity contribution in [3.8, 4) is 0 Å². The van der Waals surface area contributed by atoms with E-state index in [2.05, 4.69) is 10.3 Å². The predicted octanol–water partition coefficient (Wildman–Crippen LogP) is 3.20. The molecule has 0 spiro atoms.